The van der Waals surface area contributed by atoms with Crippen molar-refractivity contribution in [2.24, 2.45) is 52.3 Å². The molecule has 4 saturated carbocycles. The van der Waals surface area contributed by atoms with Crippen LogP contribution in [0.1, 0.15) is 112 Å². The van der Waals surface area contributed by atoms with E-state index in [-0.39, 0.29) is 5.41 Å². The van der Waals surface area contributed by atoms with Crippen molar-refractivity contribution < 1.29 is 21.0 Å². The van der Waals surface area contributed by atoms with E-state index in [1.165, 1.54) is 51.4 Å². The molecule has 0 aromatic carbocycles. The van der Waals surface area contributed by atoms with E-state index in [0.29, 0.717) is 24.2 Å². The summed E-state index contributed by atoms with van der Waals surface area (Å²) in [5, 5.41) is 0. The first kappa shape index (κ1) is 28.8. The Kier molecular flexibility index (Phi) is 8.34. The Hall–Kier alpha value is -0.180. The van der Waals surface area contributed by atoms with Gasteiger partial charge in [-0.2, -0.15) is 8.42 Å². The Labute approximate surface area is 221 Å². The second-order valence-corrected chi connectivity index (χ2v) is 17.3. The van der Waals surface area contributed by atoms with Crippen molar-refractivity contribution in [2.45, 2.75) is 118 Å². The van der Waals surface area contributed by atoms with Crippen LogP contribution in [0.4, 0.5) is 0 Å². The molecule has 8 heteroatoms. The molecule has 4 rings (SSSR count). The monoisotopic (exact) mass is 545 g/mol. The number of hydrogen-bond donors (Lipinski definition) is 1. The maximum Gasteiger partial charge on any atom is 0.349 e. The number of rotatable bonds is 9. The Morgan fingerprint density at radius 3 is 2.19 bits per heavy atom. The van der Waals surface area contributed by atoms with Crippen molar-refractivity contribution in [2.75, 3.05) is 6.26 Å². The molecule has 1 N–H and O–H groups in total. The second kappa shape index (κ2) is 10.4. The average Bonchev–Trinajstić information content (AvgIpc) is 3.09. The molecular weight excluding hydrogens is 494 g/mol. The predicted octanol–water partition coefficient (Wildman–Crippen LogP) is 6.29. The minimum Gasteiger partial charge on any atom is -0.254 e. The van der Waals surface area contributed by atoms with Gasteiger partial charge in [-0.3, -0.25) is 4.18 Å². The van der Waals surface area contributed by atoms with Crippen molar-refractivity contribution in [1.29, 1.82) is 0 Å². The summed E-state index contributed by atoms with van der Waals surface area (Å²) in [6.07, 6.45) is 14.7. The van der Waals surface area contributed by atoms with Crippen molar-refractivity contribution >= 4 is 20.3 Å². The van der Waals surface area contributed by atoms with E-state index < -0.39 is 26.4 Å². The molecule has 4 fully saturated rings. The average molecular weight is 546 g/mol. The van der Waals surface area contributed by atoms with Crippen molar-refractivity contribution in [3.8, 4) is 0 Å². The molecule has 0 unspecified atom stereocenters. The van der Waals surface area contributed by atoms with Gasteiger partial charge in [0.2, 0.25) is 10.0 Å². The van der Waals surface area contributed by atoms with E-state index in [4.69, 9.17) is 4.18 Å². The molecule has 0 aliphatic heterocycles. The van der Waals surface area contributed by atoms with E-state index in [0.717, 1.165) is 54.6 Å². The molecule has 0 radical (unpaired) electrons. The van der Waals surface area contributed by atoms with Gasteiger partial charge < -0.3 is 0 Å². The van der Waals surface area contributed by atoms with Crippen LogP contribution in [0.25, 0.3) is 0 Å². The molecule has 6 nitrogen and oxygen atoms in total. The fourth-order valence-corrected chi connectivity index (χ4v) is 11.9. The zero-order valence-corrected chi connectivity index (χ0v) is 25.1. The van der Waals surface area contributed by atoms with Gasteiger partial charge in [0.1, 0.15) is 0 Å². The summed E-state index contributed by atoms with van der Waals surface area (Å²) in [6.45, 7) is 12.3. The van der Waals surface area contributed by atoms with Crippen LogP contribution in [0.15, 0.2) is 0 Å². The Bertz CT molecular complexity index is 995. The minimum absolute atomic E-state index is 0.235. The van der Waals surface area contributed by atoms with Crippen LogP contribution in [-0.2, 0) is 24.5 Å². The molecule has 4 aliphatic rings. The summed E-state index contributed by atoms with van der Waals surface area (Å²) in [5.74, 6) is 5.27. The van der Waals surface area contributed by atoms with Crippen LogP contribution in [0.2, 0.25) is 0 Å². The van der Waals surface area contributed by atoms with Gasteiger partial charge in [0.15, 0.2) is 0 Å². The summed E-state index contributed by atoms with van der Waals surface area (Å²) in [6, 6.07) is 0. The van der Waals surface area contributed by atoms with Crippen molar-refractivity contribution in [3.63, 3.8) is 0 Å². The first-order valence-electron chi connectivity index (χ1n) is 14.6. The number of sulfonamides is 1. The molecule has 4 aliphatic carbocycles. The Balaban J connectivity index is 1.41. The molecule has 36 heavy (non-hydrogen) atoms. The van der Waals surface area contributed by atoms with Crippen molar-refractivity contribution in [1.82, 2.24) is 4.13 Å². The first-order chi connectivity index (χ1) is 16.6. The molecule has 0 amide bonds. The smallest absolute Gasteiger partial charge is 0.254 e. The summed E-state index contributed by atoms with van der Waals surface area (Å²) in [5.41, 5.74) is 0.715. The van der Waals surface area contributed by atoms with E-state index in [1.54, 1.807) is 4.13 Å². The normalized spacial score (nSPS) is 42.0. The molecule has 0 bridgehead atoms. The van der Waals surface area contributed by atoms with Gasteiger partial charge in [-0.25, -0.2) is 8.42 Å². The highest BCUT2D eigenvalue weighted by atomic mass is 32.3. The summed E-state index contributed by atoms with van der Waals surface area (Å²) in [7, 11) is -8.18. The maximum atomic E-state index is 12.2. The van der Waals surface area contributed by atoms with E-state index in [2.05, 4.69) is 34.6 Å². The molecule has 0 aromatic heterocycles. The van der Waals surface area contributed by atoms with Gasteiger partial charge in [0.25, 0.3) is 0 Å². The van der Waals surface area contributed by atoms with Crippen LogP contribution >= 0.6 is 0 Å². The zero-order valence-electron chi connectivity index (χ0n) is 23.5. The fourth-order valence-electron chi connectivity index (χ4n) is 9.71. The van der Waals surface area contributed by atoms with Gasteiger partial charge in [-0.05, 0) is 110 Å². The van der Waals surface area contributed by atoms with Crippen LogP contribution < -0.4 is 4.13 Å². The van der Waals surface area contributed by atoms with Gasteiger partial charge in [-0.15, -0.1) is 0 Å². The fraction of sp³-hybridized carbons (Fsp3) is 1.00. The van der Waals surface area contributed by atoms with Crippen LogP contribution in [0.5, 0.6) is 0 Å². The molecular formula is C28H51NO5S2. The van der Waals surface area contributed by atoms with Gasteiger partial charge in [0, 0.05) is 0 Å². The number of nitrogens with one attached hydrogen (secondary N) is 1. The second-order valence-electron chi connectivity index (χ2n) is 14.0. The molecule has 0 saturated heterocycles. The molecule has 0 heterocycles. The highest BCUT2D eigenvalue weighted by molar-refractivity contribution is 8.02. The highest BCUT2D eigenvalue weighted by Crippen LogP contribution is 2.68. The molecule has 210 valence electrons. The molecule has 0 spiro atoms. The lowest BCUT2D eigenvalue weighted by Gasteiger charge is -2.61. The standard InChI is InChI=1S/C28H51NO5S2/c1-19(2)8-7-9-20(3)24-12-13-25-23-11-10-21-18-22(34-36(32,33)29-35(6,30)31)14-16-27(21,4)26(23)15-17-28(24,25)5/h19-26,29H,7-18H2,1-6H3/t20-,21+,22+,23+,24-,25+,26+,27+,28-/m1/s1. The largest absolute Gasteiger partial charge is 0.349 e. The Morgan fingerprint density at radius 1 is 0.861 bits per heavy atom. The summed E-state index contributed by atoms with van der Waals surface area (Å²) < 4.78 is 54.3. The van der Waals surface area contributed by atoms with Crippen LogP contribution in [0, 0.1) is 52.3 Å². The van der Waals surface area contributed by atoms with Crippen molar-refractivity contribution in [3.05, 3.63) is 0 Å². The zero-order chi connectivity index (χ0) is 26.5. The third kappa shape index (κ3) is 5.86. The lowest BCUT2D eigenvalue weighted by Crippen LogP contribution is -2.54. The predicted molar refractivity (Wildman–Crippen MR) is 145 cm³/mol. The lowest BCUT2D eigenvalue weighted by atomic mass is 9.44. The molecule has 9 atom stereocenters. The number of hydrogen-bond acceptors (Lipinski definition) is 5. The third-order valence-corrected chi connectivity index (χ3v) is 13.9. The lowest BCUT2D eigenvalue weighted by molar-refractivity contribution is -0.126. The minimum atomic E-state index is -4.30. The van der Waals surface area contributed by atoms with Crippen LogP contribution in [-0.4, -0.2) is 29.2 Å². The quantitative estimate of drug-likeness (QED) is 0.368. The Morgan fingerprint density at radius 2 is 1.53 bits per heavy atom. The third-order valence-electron chi connectivity index (χ3n) is 11.3. The van der Waals surface area contributed by atoms with Gasteiger partial charge in [-0.1, -0.05) is 58.0 Å². The van der Waals surface area contributed by atoms with Gasteiger partial charge in [0.05, 0.1) is 12.4 Å². The van der Waals surface area contributed by atoms with E-state index in [9.17, 15) is 16.8 Å². The SMILES string of the molecule is CC(C)CCC[C@@H](C)[C@H]1CC[C@H]2[C@@H]3CC[C@H]4C[C@@H](OS(=O)(=O)NS(C)(=O)=O)CC[C@]4(C)[C@H]3CC[C@]12C. The maximum absolute atomic E-state index is 12.2. The van der Waals surface area contributed by atoms with E-state index >= 15 is 0 Å². The molecule has 0 aromatic rings. The first-order valence-corrected chi connectivity index (χ1v) is 17.9. The highest BCUT2D eigenvalue weighted by Gasteiger charge is 2.60. The number of fused-ring (bicyclic) bond motifs is 5. The topological polar surface area (TPSA) is 89.5 Å². The van der Waals surface area contributed by atoms with E-state index in [1.807, 2.05) is 0 Å². The van der Waals surface area contributed by atoms with Crippen LogP contribution in [0.3, 0.4) is 0 Å². The summed E-state index contributed by atoms with van der Waals surface area (Å²) in [4.78, 5) is 0. The van der Waals surface area contributed by atoms with Gasteiger partial charge >= 0.3 is 10.3 Å². The summed E-state index contributed by atoms with van der Waals surface area (Å²) >= 11 is 0.